The molecule has 0 spiro atoms. The predicted octanol–water partition coefficient (Wildman–Crippen LogP) is 1.88. The van der Waals surface area contributed by atoms with Gasteiger partial charge in [-0.25, -0.2) is 9.78 Å². The van der Waals surface area contributed by atoms with Crippen LogP contribution in [0.25, 0.3) is 11.2 Å². The highest BCUT2D eigenvalue weighted by atomic mass is 32.2. The minimum atomic E-state index is -0.424. The van der Waals surface area contributed by atoms with E-state index >= 15 is 0 Å². The number of imidazole rings is 1. The van der Waals surface area contributed by atoms with Gasteiger partial charge in [-0.2, -0.15) is 0 Å². The molecule has 0 aliphatic heterocycles. The standard InChI is InChI=1S/C19H23N5O3S/c1-5-10-24-15-16(22(3)19(27)23(4)17(15)26)21-18(24)28-11-14(25)20-13-9-7-6-8-12(13)2/h6-9H,5,10-11H2,1-4H3,(H,20,25). The minimum absolute atomic E-state index is 0.148. The Balaban J connectivity index is 1.91. The summed E-state index contributed by atoms with van der Waals surface area (Å²) in [5, 5.41) is 3.44. The minimum Gasteiger partial charge on any atom is -0.325 e. The molecule has 0 aliphatic carbocycles. The van der Waals surface area contributed by atoms with Gasteiger partial charge in [0, 0.05) is 26.3 Å². The second kappa shape index (κ2) is 8.05. The third-order valence-electron chi connectivity index (χ3n) is 4.51. The highest BCUT2D eigenvalue weighted by molar-refractivity contribution is 7.99. The zero-order chi connectivity index (χ0) is 20.4. The summed E-state index contributed by atoms with van der Waals surface area (Å²) in [4.78, 5) is 41.7. The highest BCUT2D eigenvalue weighted by Crippen LogP contribution is 2.22. The fourth-order valence-corrected chi connectivity index (χ4v) is 3.82. The molecule has 3 aromatic rings. The van der Waals surface area contributed by atoms with Gasteiger partial charge in [-0.1, -0.05) is 36.9 Å². The second-order valence-corrected chi connectivity index (χ2v) is 7.52. The summed E-state index contributed by atoms with van der Waals surface area (Å²) < 4.78 is 4.23. The van der Waals surface area contributed by atoms with Crippen LogP contribution in [-0.2, 0) is 25.4 Å². The number of fused-ring (bicyclic) bond motifs is 1. The van der Waals surface area contributed by atoms with Crippen LogP contribution in [0.4, 0.5) is 5.69 Å². The molecule has 3 rings (SSSR count). The molecule has 0 atom stereocenters. The van der Waals surface area contributed by atoms with E-state index in [2.05, 4.69) is 10.3 Å². The largest absolute Gasteiger partial charge is 0.332 e. The quantitative estimate of drug-likeness (QED) is 0.637. The summed E-state index contributed by atoms with van der Waals surface area (Å²) in [6.07, 6.45) is 0.792. The molecule has 0 aliphatic rings. The first-order valence-electron chi connectivity index (χ1n) is 8.99. The Bertz CT molecular complexity index is 1160. The number of benzene rings is 1. The van der Waals surface area contributed by atoms with E-state index in [-0.39, 0.29) is 17.2 Å². The smallest absolute Gasteiger partial charge is 0.325 e. The average Bonchev–Trinajstić information content (AvgIpc) is 3.04. The van der Waals surface area contributed by atoms with Gasteiger partial charge in [0.05, 0.1) is 5.75 Å². The number of thioether (sulfide) groups is 1. The number of carbonyl (C=O) groups is 1. The lowest BCUT2D eigenvalue weighted by Crippen LogP contribution is -2.37. The van der Waals surface area contributed by atoms with Gasteiger partial charge < -0.3 is 9.88 Å². The lowest BCUT2D eigenvalue weighted by Gasteiger charge is -2.09. The van der Waals surface area contributed by atoms with Gasteiger partial charge in [0.1, 0.15) is 0 Å². The van der Waals surface area contributed by atoms with Crippen LogP contribution in [-0.4, -0.2) is 30.3 Å². The van der Waals surface area contributed by atoms with Crippen LogP contribution >= 0.6 is 11.8 Å². The van der Waals surface area contributed by atoms with E-state index in [0.717, 1.165) is 22.2 Å². The Morgan fingerprint density at radius 3 is 2.57 bits per heavy atom. The normalized spacial score (nSPS) is 11.1. The number of amides is 1. The Morgan fingerprint density at radius 2 is 1.89 bits per heavy atom. The van der Waals surface area contributed by atoms with E-state index < -0.39 is 5.69 Å². The van der Waals surface area contributed by atoms with E-state index in [1.165, 1.54) is 23.4 Å². The molecule has 0 saturated heterocycles. The molecule has 0 fully saturated rings. The van der Waals surface area contributed by atoms with Crippen molar-refractivity contribution < 1.29 is 4.79 Å². The first-order valence-corrected chi connectivity index (χ1v) is 9.98. The molecule has 0 radical (unpaired) electrons. The number of hydrogen-bond acceptors (Lipinski definition) is 5. The number of aromatic nitrogens is 4. The van der Waals surface area contributed by atoms with Crippen LogP contribution in [0.5, 0.6) is 0 Å². The van der Waals surface area contributed by atoms with E-state index in [1.807, 2.05) is 38.1 Å². The summed E-state index contributed by atoms with van der Waals surface area (Å²) in [5.41, 5.74) is 1.67. The molecule has 2 aromatic heterocycles. The Labute approximate surface area is 166 Å². The van der Waals surface area contributed by atoms with E-state index in [1.54, 1.807) is 11.6 Å². The SMILES string of the molecule is CCCn1c(SCC(=O)Nc2ccccc2C)nc2c1c(=O)n(C)c(=O)n2C. The maximum absolute atomic E-state index is 12.6. The van der Waals surface area contributed by atoms with Crippen molar-refractivity contribution in [2.45, 2.75) is 32.0 Å². The molecule has 28 heavy (non-hydrogen) atoms. The van der Waals surface area contributed by atoms with Gasteiger partial charge in [0.2, 0.25) is 5.91 Å². The Morgan fingerprint density at radius 1 is 1.18 bits per heavy atom. The van der Waals surface area contributed by atoms with Gasteiger partial charge in [0.25, 0.3) is 5.56 Å². The third kappa shape index (κ3) is 3.62. The van der Waals surface area contributed by atoms with E-state index in [9.17, 15) is 14.4 Å². The second-order valence-electron chi connectivity index (χ2n) is 6.58. The molecule has 148 valence electrons. The Kier molecular flexibility index (Phi) is 5.73. The van der Waals surface area contributed by atoms with Gasteiger partial charge in [-0.15, -0.1) is 0 Å². The predicted molar refractivity (Wildman–Crippen MR) is 111 cm³/mol. The van der Waals surface area contributed by atoms with Crippen LogP contribution < -0.4 is 16.6 Å². The zero-order valence-corrected chi connectivity index (χ0v) is 17.2. The monoisotopic (exact) mass is 401 g/mol. The Hall–Kier alpha value is -2.81. The number of aryl methyl sites for hydroxylation is 3. The number of rotatable bonds is 6. The molecular formula is C19H23N5O3S. The molecule has 1 N–H and O–H groups in total. The van der Waals surface area contributed by atoms with Gasteiger partial charge >= 0.3 is 5.69 Å². The molecule has 1 aromatic carbocycles. The topological polar surface area (TPSA) is 90.9 Å². The van der Waals surface area contributed by atoms with Crippen LogP contribution in [0.3, 0.4) is 0 Å². The number of nitrogens with one attached hydrogen (secondary N) is 1. The maximum Gasteiger partial charge on any atom is 0.332 e. The summed E-state index contributed by atoms with van der Waals surface area (Å²) in [5.74, 6) is -0.00786. The molecule has 1 amide bonds. The maximum atomic E-state index is 12.6. The van der Waals surface area contributed by atoms with Gasteiger partial charge in [-0.3, -0.25) is 18.7 Å². The van der Waals surface area contributed by atoms with E-state index in [0.29, 0.717) is 22.9 Å². The fraction of sp³-hybridized carbons (Fsp3) is 0.368. The van der Waals surface area contributed by atoms with Gasteiger partial charge in [0.15, 0.2) is 16.3 Å². The van der Waals surface area contributed by atoms with Crippen LogP contribution in [0.2, 0.25) is 0 Å². The first kappa shape index (κ1) is 19.9. The molecule has 2 heterocycles. The molecule has 0 bridgehead atoms. The van der Waals surface area contributed by atoms with E-state index in [4.69, 9.17) is 0 Å². The zero-order valence-electron chi connectivity index (χ0n) is 16.4. The number of nitrogens with zero attached hydrogens (tertiary/aromatic N) is 4. The molecule has 8 nitrogen and oxygen atoms in total. The number of carbonyl (C=O) groups excluding carboxylic acids is 1. The van der Waals surface area contributed by atoms with Crippen molar-refractivity contribution in [1.29, 1.82) is 0 Å². The third-order valence-corrected chi connectivity index (χ3v) is 5.49. The number of anilines is 1. The molecule has 9 heteroatoms. The van der Waals surface area contributed by atoms with Crippen molar-refractivity contribution in [2.24, 2.45) is 14.1 Å². The summed E-state index contributed by atoms with van der Waals surface area (Å²) in [6.45, 7) is 4.50. The summed E-state index contributed by atoms with van der Waals surface area (Å²) in [7, 11) is 3.04. The molecule has 0 saturated carbocycles. The van der Waals surface area contributed by atoms with Crippen molar-refractivity contribution in [3.63, 3.8) is 0 Å². The van der Waals surface area contributed by atoms with Crippen molar-refractivity contribution in [3.05, 3.63) is 50.7 Å². The van der Waals surface area contributed by atoms with Crippen molar-refractivity contribution in [1.82, 2.24) is 18.7 Å². The highest BCUT2D eigenvalue weighted by Gasteiger charge is 2.19. The van der Waals surface area contributed by atoms with Crippen molar-refractivity contribution in [3.8, 4) is 0 Å². The average molecular weight is 401 g/mol. The van der Waals surface area contributed by atoms with Crippen LogP contribution in [0, 0.1) is 6.92 Å². The summed E-state index contributed by atoms with van der Waals surface area (Å²) in [6, 6.07) is 7.56. The van der Waals surface area contributed by atoms with Crippen molar-refractivity contribution in [2.75, 3.05) is 11.1 Å². The number of hydrogen-bond donors (Lipinski definition) is 1. The summed E-state index contributed by atoms with van der Waals surface area (Å²) >= 11 is 1.25. The van der Waals surface area contributed by atoms with Gasteiger partial charge in [-0.05, 0) is 25.0 Å². The molecule has 0 unspecified atom stereocenters. The number of para-hydroxylation sites is 1. The lowest BCUT2D eigenvalue weighted by atomic mass is 10.2. The first-order chi connectivity index (χ1) is 13.3. The molecular weight excluding hydrogens is 378 g/mol. The lowest BCUT2D eigenvalue weighted by molar-refractivity contribution is -0.113. The van der Waals surface area contributed by atoms with Crippen molar-refractivity contribution >= 4 is 34.5 Å². The fourth-order valence-electron chi connectivity index (χ4n) is 3.00. The van der Waals surface area contributed by atoms with Crippen LogP contribution in [0.15, 0.2) is 39.0 Å². The van der Waals surface area contributed by atoms with Crippen LogP contribution in [0.1, 0.15) is 18.9 Å².